The molecule has 1 heterocycles. The predicted molar refractivity (Wildman–Crippen MR) is 67.6 cm³/mol. The van der Waals surface area contributed by atoms with E-state index in [0.29, 0.717) is 19.5 Å². The van der Waals surface area contributed by atoms with Gasteiger partial charge in [0.2, 0.25) is 5.91 Å². The van der Waals surface area contributed by atoms with Gasteiger partial charge >= 0.3 is 0 Å². The van der Waals surface area contributed by atoms with Gasteiger partial charge in [-0.3, -0.25) is 9.48 Å². The molecule has 0 spiro atoms. The Balaban J connectivity index is 1.90. The minimum absolute atomic E-state index is 0.0635. The number of nitrogens with two attached hydrogens (primary N) is 1. The SMILES string of the molecule is NCc1ccccc1NC(=O)CCn1cncn1. The van der Waals surface area contributed by atoms with Gasteiger partial charge in [0.25, 0.3) is 0 Å². The molecule has 6 nitrogen and oxygen atoms in total. The molecule has 0 saturated heterocycles. The van der Waals surface area contributed by atoms with Crippen LogP contribution in [-0.2, 0) is 17.9 Å². The third-order valence-electron chi connectivity index (χ3n) is 2.55. The number of hydrogen-bond acceptors (Lipinski definition) is 4. The first-order chi connectivity index (χ1) is 8.79. The summed E-state index contributed by atoms with van der Waals surface area (Å²) in [7, 11) is 0. The number of anilines is 1. The number of nitrogens with one attached hydrogen (secondary N) is 1. The molecule has 18 heavy (non-hydrogen) atoms. The van der Waals surface area contributed by atoms with E-state index in [4.69, 9.17) is 5.73 Å². The summed E-state index contributed by atoms with van der Waals surface area (Å²) in [5, 5.41) is 6.78. The van der Waals surface area contributed by atoms with Gasteiger partial charge in [-0.15, -0.1) is 0 Å². The summed E-state index contributed by atoms with van der Waals surface area (Å²) < 4.78 is 1.62. The maximum absolute atomic E-state index is 11.8. The first-order valence-corrected chi connectivity index (χ1v) is 5.70. The van der Waals surface area contributed by atoms with Crippen LogP contribution in [0.1, 0.15) is 12.0 Å². The number of amides is 1. The Morgan fingerprint density at radius 1 is 1.39 bits per heavy atom. The largest absolute Gasteiger partial charge is 0.326 e. The molecule has 0 saturated carbocycles. The molecule has 0 aliphatic heterocycles. The molecule has 94 valence electrons. The second-order valence-electron chi connectivity index (χ2n) is 3.82. The fourth-order valence-electron chi connectivity index (χ4n) is 1.60. The van der Waals surface area contributed by atoms with Crippen LogP contribution in [0.3, 0.4) is 0 Å². The van der Waals surface area contributed by atoms with E-state index in [-0.39, 0.29) is 5.91 Å². The number of aryl methyl sites for hydroxylation is 1. The summed E-state index contributed by atoms with van der Waals surface area (Å²) in [5.41, 5.74) is 7.29. The molecule has 0 radical (unpaired) electrons. The lowest BCUT2D eigenvalue weighted by Crippen LogP contribution is -2.16. The minimum atomic E-state index is -0.0635. The monoisotopic (exact) mass is 245 g/mol. The molecule has 1 amide bonds. The highest BCUT2D eigenvalue weighted by atomic mass is 16.1. The molecular weight excluding hydrogens is 230 g/mol. The van der Waals surface area contributed by atoms with Gasteiger partial charge in [-0.2, -0.15) is 5.10 Å². The molecule has 0 unspecified atom stereocenters. The molecule has 1 aromatic carbocycles. The van der Waals surface area contributed by atoms with Crippen LogP contribution < -0.4 is 11.1 Å². The van der Waals surface area contributed by atoms with Crippen molar-refractivity contribution in [1.82, 2.24) is 14.8 Å². The van der Waals surface area contributed by atoms with Crippen LogP contribution in [0, 0.1) is 0 Å². The van der Waals surface area contributed by atoms with E-state index in [9.17, 15) is 4.79 Å². The summed E-state index contributed by atoms with van der Waals surface area (Å²) in [4.78, 5) is 15.6. The molecule has 0 aliphatic rings. The fraction of sp³-hybridized carbons (Fsp3) is 0.250. The number of benzene rings is 1. The Bertz CT molecular complexity index is 509. The van der Waals surface area contributed by atoms with Gasteiger partial charge in [0.15, 0.2) is 0 Å². The number of aromatic nitrogens is 3. The molecule has 0 aliphatic carbocycles. The van der Waals surface area contributed by atoms with E-state index in [1.165, 1.54) is 6.33 Å². The van der Waals surface area contributed by atoms with Crippen molar-refractivity contribution in [3.63, 3.8) is 0 Å². The maximum Gasteiger partial charge on any atom is 0.226 e. The van der Waals surface area contributed by atoms with Gasteiger partial charge < -0.3 is 11.1 Å². The third kappa shape index (κ3) is 3.14. The fourth-order valence-corrected chi connectivity index (χ4v) is 1.60. The molecule has 3 N–H and O–H groups in total. The smallest absolute Gasteiger partial charge is 0.226 e. The van der Waals surface area contributed by atoms with Crippen molar-refractivity contribution in [2.24, 2.45) is 5.73 Å². The zero-order valence-electron chi connectivity index (χ0n) is 9.91. The van der Waals surface area contributed by atoms with Crippen LogP contribution in [0.15, 0.2) is 36.9 Å². The number of carbonyl (C=O) groups is 1. The Hall–Kier alpha value is -2.21. The zero-order valence-corrected chi connectivity index (χ0v) is 9.91. The Morgan fingerprint density at radius 3 is 2.94 bits per heavy atom. The van der Waals surface area contributed by atoms with E-state index in [1.54, 1.807) is 11.0 Å². The van der Waals surface area contributed by atoms with Crippen LogP contribution in [-0.4, -0.2) is 20.7 Å². The number of carbonyl (C=O) groups excluding carboxylic acids is 1. The van der Waals surface area contributed by atoms with Gasteiger partial charge in [0, 0.05) is 18.7 Å². The van der Waals surface area contributed by atoms with Crippen molar-refractivity contribution in [3.8, 4) is 0 Å². The molecule has 1 aromatic heterocycles. The van der Waals surface area contributed by atoms with E-state index in [0.717, 1.165) is 11.3 Å². The van der Waals surface area contributed by atoms with Gasteiger partial charge in [-0.1, -0.05) is 18.2 Å². The van der Waals surface area contributed by atoms with E-state index >= 15 is 0 Å². The highest BCUT2D eigenvalue weighted by Gasteiger charge is 2.05. The average molecular weight is 245 g/mol. The Labute approximate surface area is 105 Å². The van der Waals surface area contributed by atoms with Crippen molar-refractivity contribution >= 4 is 11.6 Å². The molecule has 0 atom stereocenters. The second-order valence-corrected chi connectivity index (χ2v) is 3.82. The van der Waals surface area contributed by atoms with Crippen molar-refractivity contribution in [2.45, 2.75) is 19.5 Å². The average Bonchev–Trinajstić information content (AvgIpc) is 2.90. The highest BCUT2D eigenvalue weighted by Crippen LogP contribution is 2.14. The zero-order chi connectivity index (χ0) is 12.8. The van der Waals surface area contributed by atoms with Gasteiger partial charge in [-0.05, 0) is 11.6 Å². The predicted octanol–water partition coefficient (Wildman–Crippen LogP) is 0.766. The molecule has 2 rings (SSSR count). The maximum atomic E-state index is 11.8. The summed E-state index contributed by atoms with van der Waals surface area (Å²) in [6.07, 6.45) is 3.38. The highest BCUT2D eigenvalue weighted by molar-refractivity contribution is 5.91. The van der Waals surface area contributed by atoms with E-state index < -0.39 is 0 Å². The van der Waals surface area contributed by atoms with Gasteiger partial charge in [-0.25, -0.2) is 4.98 Å². The number of hydrogen-bond donors (Lipinski definition) is 2. The van der Waals surface area contributed by atoms with E-state index in [2.05, 4.69) is 15.4 Å². The summed E-state index contributed by atoms with van der Waals surface area (Å²) in [6.45, 7) is 0.913. The van der Waals surface area contributed by atoms with Crippen molar-refractivity contribution in [3.05, 3.63) is 42.5 Å². The molecule has 0 fully saturated rings. The quantitative estimate of drug-likeness (QED) is 0.814. The minimum Gasteiger partial charge on any atom is -0.326 e. The van der Waals surface area contributed by atoms with Crippen molar-refractivity contribution in [2.75, 3.05) is 5.32 Å². The Kier molecular flexibility index (Phi) is 4.03. The summed E-state index contributed by atoms with van der Waals surface area (Å²) in [5.74, 6) is -0.0635. The third-order valence-corrected chi connectivity index (χ3v) is 2.55. The summed E-state index contributed by atoms with van der Waals surface area (Å²) >= 11 is 0. The number of rotatable bonds is 5. The molecule has 0 bridgehead atoms. The molecular formula is C12H15N5O. The van der Waals surface area contributed by atoms with Crippen LogP contribution >= 0.6 is 0 Å². The lowest BCUT2D eigenvalue weighted by atomic mass is 10.2. The first-order valence-electron chi connectivity index (χ1n) is 5.70. The van der Waals surface area contributed by atoms with Gasteiger partial charge in [0.05, 0.1) is 6.54 Å². The van der Waals surface area contributed by atoms with Crippen LogP contribution in [0.2, 0.25) is 0 Å². The lowest BCUT2D eigenvalue weighted by Gasteiger charge is -2.09. The van der Waals surface area contributed by atoms with E-state index in [1.807, 2.05) is 24.3 Å². The first kappa shape index (κ1) is 12.3. The van der Waals surface area contributed by atoms with Gasteiger partial charge in [0.1, 0.15) is 12.7 Å². The molecule has 2 aromatic rings. The summed E-state index contributed by atoms with van der Waals surface area (Å²) in [6, 6.07) is 7.50. The van der Waals surface area contributed by atoms with Crippen LogP contribution in [0.5, 0.6) is 0 Å². The normalized spacial score (nSPS) is 10.3. The molecule has 6 heteroatoms. The Morgan fingerprint density at radius 2 is 2.22 bits per heavy atom. The topological polar surface area (TPSA) is 85.8 Å². The van der Waals surface area contributed by atoms with Crippen molar-refractivity contribution < 1.29 is 4.79 Å². The van der Waals surface area contributed by atoms with Crippen LogP contribution in [0.4, 0.5) is 5.69 Å². The van der Waals surface area contributed by atoms with Crippen LogP contribution in [0.25, 0.3) is 0 Å². The number of nitrogens with zero attached hydrogens (tertiary/aromatic N) is 3. The lowest BCUT2D eigenvalue weighted by molar-refractivity contribution is -0.116. The second kappa shape index (κ2) is 5.92. The number of para-hydroxylation sites is 1. The van der Waals surface area contributed by atoms with Crippen molar-refractivity contribution in [1.29, 1.82) is 0 Å². The standard InChI is InChI=1S/C12H15N5O/c13-7-10-3-1-2-4-11(10)16-12(18)5-6-17-9-14-8-15-17/h1-4,8-9H,5-7,13H2,(H,16,18).